The number of pyridine rings is 2. The van der Waals surface area contributed by atoms with Gasteiger partial charge in [0.25, 0.3) is 5.91 Å². The number of carbonyl (C=O) groups is 1. The number of amides is 1. The fourth-order valence-electron chi connectivity index (χ4n) is 2.32. The van der Waals surface area contributed by atoms with E-state index in [-0.39, 0.29) is 22.9 Å². The van der Waals surface area contributed by atoms with Crippen LogP contribution in [0.2, 0.25) is 0 Å². The fourth-order valence-corrected chi connectivity index (χ4v) is 2.32. The summed E-state index contributed by atoms with van der Waals surface area (Å²) in [5, 5.41) is 2.94. The standard InChI is InChI=1S/C17H21N3O2/c1-11(2)7-15(13-5-4-6-18-9-13)20-17(22)14-10-19-12(3)8-16(14)21/h4-6,8-11,15H,7H2,1-3H3,(H,19,21)(H,20,22). The molecule has 0 spiro atoms. The summed E-state index contributed by atoms with van der Waals surface area (Å²) < 4.78 is 0. The minimum Gasteiger partial charge on any atom is -0.364 e. The zero-order chi connectivity index (χ0) is 16.1. The summed E-state index contributed by atoms with van der Waals surface area (Å²) in [4.78, 5) is 31.3. The van der Waals surface area contributed by atoms with Crippen molar-refractivity contribution in [2.45, 2.75) is 33.2 Å². The first kappa shape index (κ1) is 15.9. The highest BCUT2D eigenvalue weighted by Crippen LogP contribution is 2.20. The maximum Gasteiger partial charge on any atom is 0.257 e. The summed E-state index contributed by atoms with van der Waals surface area (Å²) in [6.07, 6.45) is 5.68. The van der Waals surface area contributed by atoms with E-state index in [2.05, 4.69) is 29.1 Å². The number of carbonyl (C=O) groups excluding carboxylic acids is 1. The van der Waals surface area contributed by atoms with Gasteiger partial charge in [0.05, 0.1) is 6.04 Å². The Morgan fingerprint density at radius 3 is 2.77 bits per heavy atom. The molecule has 116 valence electrons. The monoisotopic (exact) mass is 299 g/mol. The molecule has 2 heterocycles. The van der Waals surface area contributed by atoms with Gasteiger partial charge >= 0.3 is 0 Å². The van der Waals surface area contributed by atoms with E-state index < -0.39 is 0 Å². The number of aromatic nitrogens is 2. The average Bonchev–Trinajstić information content (AvgIpc) is 2.46. The Morgan fingerprint density at radius 2 is 2.18 bits per heavy atom. The number of aromatic amines is 1. The Balaban J connectivity index is 2.23. The summed E-state index contributed by atoms with van der Waals surface area (Å²) in [6, 6.07) is 5.03. The number of rotatable bonds is 5. The molecule has 0 aliphatic rings. The van der Waals surface area contributed by atoms with Crippen molar-refractivity contribution < 1.29 is 4.79 Å². The maximum atomic E-state index is 12.4. The van der Waals surface area contributed by atoms with Crippen molar-refractivity contribution in [3.05, 3.63) is 63.8 Å². The van der Waals surface area contributed by atoms with Crippen LogP contribution in [0.25, 0.3) is 0 Å². The number of hydrogen-bond acceptors (Lipinski definition) is 3. The van der Waals surface area contributed by atoms with E-state index in [1.54, 1.807) is 19.3 Å². The minimum atomic E-state index is -0.365. The lowest BCUT2D eigenvalue weighted by atomic mass is 9.98. The van der Waals surface area contributed by atoms with Gasteiger partial charge < -0.3 is 10.3 Å². The molecule has 5 nitrogen and oxygen atoms in total. The Hall–Kier alpha value is -2.43. The third-order valence-electron chi connectivity index (χ3n) is 3.40. The van der Waals surface area contributed by atoms with Crippen LogP contribution < -0.4 is 10.7 Å². The number of nitrogens with one attached hydrogen (secondary N) is 2. The van der Waals surface area contributed by atoms with Crippen LogP contribution >= 0.6 is 0 Å². The largest absolute Gasteiger partial charge is 0.364 e. The summed E-state index contributed by atoms with van der Waals surface area (Å²) >= 11 is 0. The number of nitrogens with zero attached hydrogens (tertiary/aromatic N) is 1. The van der Waals surface area contributed by atoms with Crippen LogP contribution in [0.1, 0.15) is 47.9 Å². The highest BCUT2D eigenvalue weighted by molar-refractivity contribution is 5.94. The molecule has 5 heteroatoms. The average molecular weight is 299 g/mol. The molecule has 2 aromatic heterocycles. The number of aryl methyl sites for hydroxylation is 1. The second-order valence-electron chi connectivity index (χ2n) is 5.84. The molecule has 1 unspecified atom stereocenters. The minimum absolute atomic E-state index is 0.128. The molecular formula is C17H21N3O2. The molecule has 0 saturated heterocycles. The van der Waals surface area contributed by atoms with Gasteiger partial charge in [-0.05, 0) is 30.9 Å². The molecule has 0 aliphatic heterocycles. The van der Waals surface area contributed by atoms with E-state index in [9.17, 15) is 9.59 Å². The molecular weight excluding hydrogens is 278 g/mol. The van der Waals surface area contributed by atoms with E-state index in [4.69, 9.17) is 0 Å². The van der Waals surface area contributed by atoms with Crippen LogP contribution in [0.3, 0.4) is 0 Å². The lowest BCUT2D eigenvalue weighted by Gasteiger charge is -2.20. The molecule has 0 radical (unpaired) electrons. The van der Waals surface area contributed by atoms with Crippen LogP contribution in [0.5, 0.6) is 0 Å². The van der Waals surface area contributed by atoms with Crippen molar-refractivity contribution in [2.75, 3.05) is 0 Å². The van der Waals surface area contributed by atoms with Crippen LogP contribution in [0.15, 0.2) is 41.6 Å². The number of H-pyrrole nitrogens is 1. The van der Waals surface area contributed by atoms with Gasteiger partial charge in [-0.3, -0.25) is 14.6 Å². The normalized spacial score (nSPS) is 12.2. The second-order valence-corrected chi connectivity index (χ2v) is 5.84. The van der Waals surface area contributed by atoms with Crippen molar-refractivity contribution in [2.24, 2.45) is 5.92 Å². The van der Waals surface area contributed by atoms with Gasteiger partial charge in [0.1, 0.15) is 5.56 Å². The third-order valence-corrected chi connectivity index (χ3v) is 3.40. The lowest BCUT2D eigenvalue weighted by molar-refractivity contribution is 0.0930. The molecule has 2 rings (SSSR count). The highest BCUT2D eigenvalue weighted by atomic mass is 16.2. The first-order valence-corrected chi connectivity index (χ1v) is 7.37. The Bertz CT molecular complexity index is 693. The molecule has 0 fully saturated rings. The van der Waals surface area contributed by atoms with Crippen molar-refractivity contribution in [3.63, 3.8) is 0 Å². The number of hydrogen-bond donors (Lipinski definition) is 2. The van der Waals surface area contributed by atoms with Crippen molar-refractivity contribution in [1.82, 2.24) is 15.3 Å². The van der Waals surface area contributed by atoms with Crippen molar-refractivity contribution in [3.8, 4) is 0 Å². The predicted molar refractivity (Wildman–Crippen MR) is 85.7 cm³/mol. The molecule has 0 aliphatic carbocycles. The molecule has 22 heavy (non-hydrogen) atoms. The highest BCUT2D eigenvalue weighted by Gasteiger charge is 2.19. The smallest absolute Gasteiger partial charge is 0.257 e. The molecule has 2 aromatic rings. The van der Waals surface area contributed by atoms with Gasteiger partial charge in [-0.2, -0.15) is 0 Å². The second kappa shape index (κ2) is 7.02. The van der Waals surface area contributed by atoms with Gasteiger partial charge in [-0.25, -0.2) is 0 Å². The zero-order valence-electron chi connectivity index (χ0n) is 13.1. The molecule has 0 aromatic carbocycles. The zero-order valence-corrected chi connectivity index (χ0v) is 13.1. The molecule has 2 N–H and O–H groups in total. The summed E-state index contributed by atoms with van der Waals surface area (Å²) in [5.41, 5.74) is 1.52. The topological polar surface area (TPSA) is 74.8 Å². The van der Waals surface area contributed by atoms with E-state index in [1.165, 1.54) is 12.3 Å². The van der Waals surface area contributed by atoms with Crippen LogP contribution in [-0.4, -0.2) is 15.9 Å². The first-order chi connectivity index (χ1) is 10.5. The predicted octanol–water partition coefficient (Wildman–Crippen LogP) is 2.60. The fraction of sp³-hybridized carbons (Fsp3) is 0.353. The van der Waals surface area contributed by atoms with E-state index in [1.807, 2.05) is 12.1 Å². The first-order valence-electron chi connectivity index (χ1n) is 7.37. The van der Waals surface area contributed by atoms with Gasteiger partial charge in [0.2, 0.25) is 0 Å². The van der Waals surface area contributed by atoms with Crippen molar-refractivity contribution >= 4 is 5.91 Å². The third kappa shape index (κ3) is 4.04. The molecule has 0 saturated carbocycles. The molecule has 1 amide bonds. The molecule has 1 atom stereocenters. The lowest BCUT2D eigenvalue weighted by Crippen LogP contribution is -2.33. The van der Waals surface area contributed by atoms with Gasteiger partial charge in [0, 0.05) is 30.4 Å². The maximum absolute atomic E-state index is 12.4. The van der Waals surface area contributed by atoms with Crippen molar-refractivity contribution in [1.29, 1.82) is 0 Å². The van der Waals surface area contributed by atoms with E-state index in [0.717, 1.165) is 17.7 Å². The summed E-state index contributed by atoms with van der Waals surface area (Å²) in [5.74, 6) is 0.0394. The van der Waals surface area contributed by atoms with Crippen LogP contribution in [-0.2, 0) is 0 Å². The van der Waals surface area contributed by atoms with Gasteiger partial charge in [0.15, 0.2) is 5.43 Å². The quantitative estimate of drug-likeness (QED) is 0.891. The van der Waals surface area contributed by atoms with Crippen LogP contribution in [0.4, 0.5) is 0 Å². The SMILES string of the molecule is Cc1cc(=O)c(C(=O)NC(CC(C)C)c2cccnc2)c[nH]1. The summed E-state index contributed by atoms with van der Waals surface area (Å²) in [7, 11) is 0. The van der Waals surface area contributed by atoms with E-state index in [0.29, 0.717) is 5.92 Å². The van der Waals surface area contributed by atoms with E-state index >= 15 is 0 Å². The van der Waals surface area contributed by atoms with Gasteiger partial charge in [-0.1, -0.05) is 19.9 Å². The Morgan fingerprint density at radius 1 is 1.41 bits per heavy atom. The molecule has 0 bridgehead atoms. The van der Waals surface area contributed by atoms with Gasteiger partial charge in [-0.15, -0.1) is 0 Å². The Labute approximate surface area is 129 Å². The van der Waals surface area contributed by atoms with Crippen LogP contribution in [0, 0.1) is 12.8 Å². The summed E-state index contributed by atoms with van der Waals surface area (Å²) in [6.45, 7) is 5.96. The Kier molecular flexibility index (Phi) is 5.09.